The fourth-order valence-corrected chi connectivity index (χ4v) is 2.36. The molecule has 0 aromatic heterocycles. The topological polar surface area (TPSA) is 55.8 Å². The third-order valence-electron chi connectivity index (χ3n) is 3.54. The van der Waals surface area contributed by atoms with Gasteiger partial charge in [-0.2, -0.15) is 0 Å². The second kappa shape index (κ2) is 9.07. The number of esters is 1. The zero-order valence-corrected chi connectivity index (χ0v) is 13.7. The minimum absolute atomic E-state index is 0.00312. The van der Waals surface area contributed by atoms with Crippen molar-refractivity contribution in [3.8, 4) is 0 Å². The van der Waals surface area contributed by atoms with E-state index in [4.69, 9.17) is 9.47 Å². The molecule has 0 aliphatic rings. The highest BCUT2D eigenvalue weighted by atomic mass is 16.5. The van der Waals surface area contributed by atoms with Crippen molar-refractivity contribution in [1.82, 2.24) is 4.90 Å². The summed E-state index contributed by atoms with van der Waals surface area (Å²) in [7, 11) is 2.74. The number of carbonyl (C=O) groups is 2. The highest BCUT2D eigenvalue weighted by Gasteiger charge is 2.24. The first-order valence-corrected chi connectivity index (χ1v) is 7.43. The van der Waals surface area contributed by atoms with E-state index < -0.39 is 0 Å². The molecule has 122 valence electrons. The Bertz CT molecular complexity index is 473. The minimum atomic E-state index is -0.377. The number of benzene rings is 1. The lowest BCUT2D eigenvalue weighted by molar-refractivity contribution is -0.141. The van der Waals surface area contributed by atoms with Gasteiger partial charge in [0.25, 0.3) is 0 Å². The third kappa shape index (κ3) is 5.76. The van der Waals surface area contributed by atoms with E-state index in [1.165, 1.54) is 14.2 Å². The highest BCUT2D eigenvalue weighted by Crippen LogP contribution is 2.17. The molecule has 1 rings (SSSR count). The molecular formula is C17H25NO4. The Morgan fingerprint density at radius 1 is 1.09 bits per heavy atom. The normalized spacial score (nSPS) is 11.9. The van der Waals surface area contributed by atoms with Crippen LogP contribution in [0.5, 0.6) is 0 Å². The summed E-state index contributed by atoms with van der Waals surface area (Å²) in [4.78, 5) is 25.2. The van der Waals surface area contributed by atoms with Crippen molar-refractivity contribution in [3.63, 3.8) is 0 Å². The predicted octanol–water partition coefficient (Wildman–Crippen LogP) is 2.89. The van der Waals surface area contributed by atoms with Gasteiger partial charge < -0.3 is 14.4 Å². The zero-order valence-electron chi connectivity index (χ0n) is 13.7. The van der Waals surface area contributed by atoms with Gasteiger partial charge in [0, 0.05) is 12.6 Å². The number of nitrogens with zero attached hydrogens (tertiary/aromatic N) is 1. The average Bonchev–Trinajstić information content (AvgIpc) is 2.52. The van der Waals surface area contributed by atoms with Gasteiger partial charge in [-0.15, -0.1) is 0 Å². The molecule has 1 aromatic carbocycles. The van der Waals surface area contributed by atoms with E-state index in [-0.39, 0.29) is 30.4 Å². The second-order valence-electron chi connectivity index (χ2n) is 5.55. The van der Waals surface area contributed by atoms with Crippen LogP contribution in [0.15, 0.2) is 30.3 Å². The maximum atomic E-state index is 11.9. The van der Waals surface area contributed by atoms with Crippen LogP contribution in [0.2, 0.25) is 0 Å². The molecule has 0 N–H and O–H groups in total. The van der Waals surface area contributed by atoms with Crippen molar-refractivity contribution in [3.05, 3.63) is 35.9 Å². The lowest BCUT2D eigenvalue weighted by atomic mass is 9.95. The molecule has 0 aliphatic carbocycles. The summed E-state index contributed by atoms with van der Waals surface area (Å²) in [6, 6.07) is 9.91. The number of rotatable bonds is 7. The van der Waals surface area contributed by atoms with E-state index in [0.717, 1.165) is 5.56 Å². The van der Waals surface area contributed by atoms with E-state index >= 15 is 0 Å². The van der Waals surface area contributed by atoms with E-state index in [0.29, 0.717) is 13.0 Å². The van der Waals surface area contributed by atoms with Gasteiger partial charge >= 0.3 is 12.1 Å². The molecule has 0 heterocycles. The standard InChI is InChI=1S/C17H25NO4/c1-13(2)18(17(20)22-4)12-15(11-16(19)21-3)10-14-8-6-5-7-9-14/h5-9,13,15H,10-12H2,1-4H3. The molecule has 5 heteroatoms. The molecule has 0 saturated carbocycles. The second-order valence-corrected chi connectivity index (χ2v) is 5.55. The fourth-order valence-electron chi connectivity index (χ4n) is 2.36. The SMILES string of the molecule is COC(=O)CC(Cc1ccccc1)CN(C(=O)OC)C(C)C. The number of amides is 1. The Labute approximate surface area is 132 Å². The minimum Gasteiger partial charge on any atom is -0.469 e. The number of methoxy groups -OCH3 is 2. The first-order valence-electron chi connectivity index (χ1n) is 7.43. The molecule has 1 unspecified atom stereocenters. The van der Waals surface area contributed by atoms with Crippen LogP contribution in [-0.4, -0.2) is 43.8 Å². The number of hydrogen-bond donors (Lipinski definition) is 0. The number of hydrogen-bond acceptors (Lipinski definition) is 4. The summed E-state index contributed by atoms with van der Waals surface area (Å²) in [6.07, 6.45) is 0.597. The van der Waals surface area contributed by atoms with Crippen LogP contribution >= 0.6 is 0 Å². The van der Waals surface area contributed by atoms with Crippen LogP contribution in [0.4, 0.5) is 4.79 Å². The van der Waals surface area contributed by atoms with Gasteiger partial charge in [0.05, 0.1) is 20.6 Å². The Hall–Kier alpha value is -2.04. The first-order chi connectivity index (χ1) is 10.5. The first kappa shape index (κ1) is 18.0. The number of ether oxygens (including phenoxy) is 2. The average molecular weight is 307 g/mol. The number of carbonyl (C=O) groups excluding carboxylic acids is 2. The van der Waals surface area contributed by atoms with Crippen LogP contribution in [0.3, 0.4) is 0 Å². The molecular weight excluding hydrogens is 282 g/mol. The lowest BCUT2D eigenvalue weighted by Crippen LogP contribution is -2.41. The van der Waals surface area contributed by atoms with Gasteiger partial charge in [0.1, 0.15) is 0 Å². The quantitative estimate of drug-likeness (QED) is 0.727. The molecule has 1 atom stereocenters. The smallest absolute Gasteiger partial charge is 0.409 e. The van der Waals surface area contributed by atoms with Crippen molar-refractivity contribution in [2.45, 2.75) is 32.7 Å². The van der Waals surface area contributed by atoms with Gasteiger partial charge in [-0.3, -0.25) is 4.79 Å². The van der Waals surface area contributed by atoms with Crippen LogP contribution in [0, 0.1) is 5.92 Å². The summed E-state index contributed by atoms with van der Waals surface area (Å²) in [5.41, 5.74) is 1.13. The monoisotopic (exact) mass is 307 g/mol. The van der Waals surface area contributed by atoms with E-state index in [1.807, 2.05) is 44.2 Å². The van der Waals surface area contributed by atoms with Crippen molar-refractivity contribution in [2.75, 3.05) is 20.8 Å². The molecule has 0 spiro atoms. The molecule has 1 amide bonds. The summed E-state index contributed by atoms with van der Waals surface area (Å²) < 4.78 is 9.60. The molecule has 1 aromatic rings. The maximum absolute atomic E-state index is 11.9. The lowest BCUT2D eigenvalue weighted by Gasteiger charge is -2.29. The Balaban J connectivity index is 2.84. The van der Waals surface area contributed by atoms with Crippen molar-refractivity contribution in [2.24, 2.45) is 5.92 Å². The molecule has 22 heavy (non-hydrogen) atoms. The summed E-state index contributed by atoms with van der Waals surface area (Å²) >= 11 is 0. The van der Waals surface area contributed by atoms with E-state index in [9.17, 15) is 9.59 Å². The fraction of sp³-hybridized carbons (Fsp3) is 0.529. The molecule has 0 bridgehead atoms. The van der Waals surface area contributed by atoms with Crippen LogP contribution in [-0.2, 0) is 20.7 Å². The Kier molecular flexibility index (Phi) is 7.43. The predicted molar refractivity (Wildman–Crippen MR) is 84.5 cm³/mol. The summed E-state index contributed by atoms with van der Waals surface area (Å²) in [5, 5.41) is 0. The van der Waals surface area contributed by atoms with Gasteiger partial charge in [-0.25, -0.2) is 4.79 Å². The van der Waals surface area contributed by atoms with Gasteiger partial charge in [-0.1, -0.05) is 30.3 Å². The third-order valence-corrected chi connectivity index (χ3v) is 3.54. The molecule has 5 nitrogen and oxygen atoms in total. The van der Waals surface area contributed by atoms with Crippen LogP contribution in [0.1, 0.15) is 25.8 Å². The summed E-state index contributed by atoms with van der Waals surface area (Å²) in [6.45, 7) is 4.30. The van der Waals surface area contributed by atoms with Gasteiger partial charge in [0.2, 0.25) is 0 Å². The van der Waals surface area contributed by atoms with Crippen molar-refractivity contribution < 1.29 is 19.1 Å². The van der Waals surface area contributed by atoms with Gasteiger partial charge in [-0.05, 0) is 31.7 Å². The van der Waals surface area contributed by atoms with E-state index in [1.54, 1.807) is 4.90 Å². The van der Waals surface area contributed by atoms with Crippen LogP contribution < -0.4 is 0 Å². The molecule has 0 aliphatic heterocycles. The van der Waals surface area contributed by atoms with Crippen molar-refractivity contribution >= 4 is 12.1 Å². The largest absolute Gasteiger partial charge is 0.469 e. The Morgan fingerprint density at radius 3 is 2.23 bits per heavy atom. The summed E-state index contributed by atoms with van der Waals surface area (Å²) in [5.74, 6) is -0.286. The van der Waals surface area contributed by atoms with Gasteiger partial charge in [0.15, 0.2) is 0 Å². The molecule has 0 saturated heterocycles. The maximum Gasteiger partial charge on any atom is 0.409 e. The highest BCUT2D eigenvalue weighted by molar-refractivity contribution is 5.70. The zero-order chi connectivity index (χ0) is 16.5. The molecule has 0 radical (unpaired) electrons. The van der Waals surface area contributed by atoms with Crippen LogP contribution in [0.25, 0.3) is 0 Å². The van der Waals surface area contributed by atoms with E-state index in [2.05, 4.69) is 0 Å². The van der Waals surface area contributed by atoms with Crippen molar-refractivity contribution in [1.29, 1.82) is 0 Å². The Morgan fingerprint density at radius 2 is 1.73 bits per heavy atom. The molecule has 0 fully saturated rings.